The fourth-order valence-corrected chi connectivity index (χ4v) is 3.14. The van der Waals surface area contributed by atoms with E-state index in [0.717, 1.165) is 0 Å². The molecule has 10 heteroatoms. The van der Waals surface area contributed by atoms with Crippen LogP contribution >= 0.6 is 23.2 Å². The van der Waals surface area contributed by atoms with Crippen molar-refractivity contribution in [2.24, 2.45) is 10.6 Å². The zero-order valence-electron chi connectivity index (χ0n) is 12.9. The van der Waals surface area contributed by atoms with E-state index in [2.05, 4.69) is 5.32 Å². The predicted octanol–water partition coefficient (Wildman–Crippen LogP) is 1.79. The van der Waals surface area contributed by atoms with E-state index >= 15 is 0 Å². The average molecular weight is 395 g/mol. The van der Waals surface area contributed by atoms with Gasteiger partial charge in [-0.3, -0.25) is 9.59 Å². The summed E-state index contributed by atoms with van der Waals surface area (Å²) >= 11 is 11.8. The van der Waals surface area contributed by atoms with Crippen molar-refractivity contribution < 1.29 is 22.7 Å². The van der Waals surface area contributed by atoms with E-state index in [1.165, 1.54) is 31.2 Å². The van der Waals surface area contributed by atoms with Crippen molar-refractivity contribution in [3.05, 3.63) is 24.3 Å². The third-order valence-electron chi connectivity index (χ3n) is 3.81. The molecule has 0 saturated heterocycles. The summed E-state index contributed by atoms with van der Waals surface area (Å²) in [6, 6.07) is 5.25. The zero-order chi connectivity index (χ0) is 18.3. The first-order chi connectivity index (χ1) is 10.9. The molecule has 0 heterocycles. The van der Waals surface area contributed by atoms with Crippen LogP contribution in [0, 0.1) is 5.41 Å². The van der Waals surface area contributed by atoms with Gasteiger partial charge >= 0.3 is 5.97 Å². The average Bonchev–Trinajstić information content (AvgIpc) is 2.98. The van der Waals surface area contributed by atoms with Crippen molar-refractivity contribution in [2.75, 3.05) is 5.32 Å². The minimum Gasteiger partial charge on any atom is -0.452 e. The number of benzene rings is 1. The summed E-state index contributed by atoms with van der Waals surface area (Å²) in [6.07, 6.45) is -0.817. The molecule has 24 heavy (non-hydrogen) atoms. The molecular weight excluding hydrogens is 379 g/mol. The Morgan fingerprint density at radius 3 is 2.21 bits per heavy atom. The Kier molecular flexibility index (Phi) is 4.89. The molecule has 0 radical (unpaired) electrons. The van der Waals surface area contributed by atoms with Crippen molar-refractivity contribution in [1.29, 1.82) is 0 Å². The molecule has 1 aromatic rings. The Bertz CT molecular complexity index is 779. The maximum Gasteiger partial charge on any atom is 0.315 e. The molecule has 2 rings (SSSR count). The summed E-state index contributed by atoms with van der Waals surface area (Å²) in [7, 11) is -3.81. The number of ether oxygens (including phenoxy) is 1. The Hall–Kier alpha value is -1.35. The second kappa shape index (κ2) is 6.18. The number of primary sulfonamides is 1. The van der Waals surface area contributed by atoms with E-state index in [1.807, 2.05) is 0 Å². The van der Waals surface area contributed by atoms with Crippen LogP contribution in [0.3, 0.4) is 0 Å². The number of sulfonamides is 1. The van der Waals surface area contributed by atoms with Crippen LogP contribution in [0.5, 0.6) is 0 Å². The molecule has 0 unspecified atom stereocenters. The lowest BCUT2D eigenvalue weighted by molar-refractivity contribution is -0.158. The van der Waals surface area contributed by atoms with Crippen molar-refractivity contribution in [2.45, 2.75) is 35.6 Å². The first-order valence-electron chi connectivity index (χ1n) is 6.89. The van der Waals surface area contributed by atoms with Crippen molar-refractivity contribution in [3.63, 3.8) is 0 Å². The number of anilines is 1. The first-order valence-corrected chi connectivity index (χ1v) is 9.20. The molecule has 3 N–H and O–H groups in total. The number of hydrogen-bond donors (Lipinski definition) is 2. The highest BCUT2D eigenvalue weighted by Gasteiger charge is 2.69. The van der Waals surface area contributed by atoms with Gasteiger partial charge < -0.3 is 10.1 Å². The van der Waals surface area contributed by atoms with Gasteiger partial charge in [0.05, 0.1) is 4.90 Å². The van der Waals surface area contributed by atoms with Gasteiger partial charge in [0.2, 0.25) is 10.0 Å². The van der Waals surface area contributed by atoms with Crippen LogP contribution in [0.2, 0.25) is 0 Å². The Morgan fingerprint density at radius 2 is 1.79 bits per heavy atom. The summed E-state index contributed by atoms with van der Waals surface area (Å²) in [6.45, 7) is 2.97. The van der Waals surface area contributed by atoms with Gasteiger partial charge in [0.15, 0.2) is 6.10 Å². The number of esters is 1. The maximum absolute atomic E-state index is 12.0. The minimum absolute atomic E-state index is 0.0813. The Balaban J connectivity index is 1.96. The normalized spacial score (nSPS) is 23.2. The van der Waals surface area contributed by atoms with Crippen molar-refractivity contribution in [3.8, 4) is 0 Å². The Labute approximate surface area is 149 Å². The number of carbonyl (C=O) groups excluding carboxylic acids is 2. The van der Waals surface area contributed by atoms with Gasteiger partial charge in [0, 0.05) is 12.1 Å². The Morgan fingerprint density at radius 1 is 1.29 bits per heavy atom. The lowest BCUT2D eigenvalue weighted by Gasteiger charge is -2.17. The van der Waals surface area contributed by atoms with Crippen LogP contribution in [0.15, 0.2) is 29.2 Å². The maximum atomic E-state index is 12.0. The molecule has 1 aliphatic rings. The van der Waals surface area contributed by atoms with Gasteiger partial charge in [-0.1, -0.05) is 0 Å². The fraction of sp³-hybridized carbons (Fsp3) is 0.429. The van der Waals surface area contributed by atoms with Gasteiger partial charge in [0.25, 0.3) is 5.91 Å². The molecule has 1 saturated carbocycles. The van der Waals surface area contributed by atoms with Crippen LogP contribution in [-0.4, -0.2) is 30.7 Å². The number of hydrogen-bond acceptors (Lipinski definition) is 5. The van der Waals surface area contributed by atoms with Gasteiger partial charge in [-0.15, -0.1) is 23.2 Å². The smallest absolute Gasteiger partial charge is 0.315 e. The second-order valence-corrected chi connectivity index (χ2v) is 8.86. The summed E-state index contributed by atoms with van der Waals surface area (Å²) < 4.78 is 26.2. The number of carbonyl (C=O) groups is 2. The van der Waals surface area contributed by atoms with Crippen LogP contribution in [0.25, 0.3) is 0 Å². The number of amides is 1. The van der Waals surface area contributed by atoms with Crippen molar-refractivity contribution >= 4 is 50.8 Å². The van der Waals surface area contributed by atoms with Gasteiger partial charge in [-0.25, -0.2) is 13.6 Å². The quantitative estimate of drug-likeness (QED) is 0.583. The summed E-state index contributed by atoms with van der Waals surface area (Å²) in [5.74, 6) is -1.23. The lowest BCUT2D eigenvalue weighted by Crippen LogP contribution is -2.33. The number of alkyl halides is 2. The fourth-order valence-electron chi connectivity index (χ4n) is 1.94. The van der Waals surface area contributed by atoms with E-state index < -0.39 is 37.8 Å². The molecule has 2 atom stereocenters. The van der Waals surface area contributed by atoms with E-state index in [0.29, 0.717) is 5.69 Å². The highest BCUT2D eigenvalue weighted by molar-refractivity contribution is 7.89. The van der Waals surface area contributed by atoms with Gasteiger partial charge in [-0.05, 0) is 38.1 Å². The van der Waals surface area contributed by atoms with E-state index in [4.69, 9.17) is 33.1 Å². The molecule has 0 spiro atoms. The second-order valence-electron chi connectivity index (χ2n) is 5.82. The third kappa shape index (κ3) is 3.83. The lowest BCUT2D eigenvalue weighted by atomic mass is 10.1. The van der Waals surface area contributed by atoms with Gasteiger partial charge in [-0.2, -0.15) is 0 Å². The highest BCUT2D eigenvalue weighted by Crippen LogP contribution is 2.64. The van der Waals surface area contributed by atoms with Gasteiger partial charge in [0.1, 0.15) is 9.75 Å². The minimum atomic E-state index is -3.81. The SMILES string of the molecule is C[C@H](OC(=O)[C@]1(C)CC1(Cl)Cl)C(=O)Nc1ccc(S(N)(=O)=O)cc1. The van der Waals surface area contributed by atoms with Crippen LogP contribution in [0.4, 0.5) is 5.69 Å². The summed E-state index contributed by atoms with van der Waals surface area (Å²) in [5.41, 5.74) is -0.695. The standard InChI is InChI=1S/C14H16Cl2N2O5S/c1-8(23-12(20)13(2)7-14(13,15)16)11(19)18-9-3-5-10(6-4-9)24(17,21)22/h3-6,8H,7H2,1-2H3,(H,18,19)(H2,17,21,22)/t8-,13-/m0/s1. The molecular formula is C14H16Cl2N2O5S. The largest absolute Gasteiger partial charge is 0.452 e. The molecule has 0 bridgehead atoms. The van der Waals surface area contributed by atoms with Crippen LogP contribution in [-0.2, 0) is 24.3 Å². The molecule has 7 nitrogen and oxygen atoms in total. The molecule has 1 aromatic carbocycles. The number of nitrogens with two attached hydrogens (primary N) is 1. The zero-order valence-corrected chi connectivity index (χ0v) is 15.2. The first kappa shape index (κ1) is 19.0. The molecule has 132 valence electrons. The van der Waals surface area contributed by atoms with Crippen LogP contribution in [0.1, 0.15) is 20.3 Å². The number of rotatable bonds is 5. The predicted molar refractivity (Wildman–Crippen MR) is 89.2 cm³/mol. The summed E-state index contributed by atoms with van der Waals surface area (Å²) in [4.78, 5) is 24.0. The summed E-state index contributed by atoms with van der Waals surface area (Å²) in [5, 5.41) is 7.49. The molecule has 0 aliphatic heterocycles. The topological polar surface area (TPSA) is 116 Å². The highest BCUT2D eigenvalue weighted by atomic mass is 35.5. The number of halogens is 2. The van der Waals surface area contributed by atoms with E-state index in [9.17, 15) is 18.0 Å². The molecule has 1 aliphatic carbocycles. The van der Waals surface area contributed by atoms with Crippen molar-refractivity contribution in [1.82, 2.24) is 0 Å². The molecule has 1 amide bonds. The van der Waals surface area contributed by atoms with E-state index in [-0.39, 0.29) is 11.3 Å². The third-order valence-corrected chi connectivity index (χ3v) is 5.84. The molecule has 0 aromatic heterocycles. The number of nitrogens with one attached hydrogen (secondary N) is 1. The van der Waals surface area contributed by atoms with Crippen LogP contribution < -0.4 is 10.5 Å². The monoisotopic (exact) mass is 394 g/mol. The van der Waals surface area contributed by atoms with E-state index in [1.54, 1.807) is 6.92 Å². The molecule has 1 fully saturated rings.